The third-order valence-corrected chi connectivity index (χ3v) is 3.55. The van der Waals surface area contributed by atoms with Crippen molar-refractivity contribution in [1.82, 2.24) is 10.6 Å². The molecule has 5 heteroatoms. The maximum atomic E-state index is 11.2. The van der Waals surface area contributed by atoms with Crippen molar-refractivity contribution in [2.45, 2.75) is 24.5 Å². The van der Waals surface area contributed by atoms with E-state index in [1.54, 1.807) is 0 Å². The molecule has 1 aliphatic rings. The highest BCUT2D eigenvalue weighted by Gasteiger charge is 2.15. The molecule has 14 heavy (non-hydrogen) atoms. The molecule has 0 bridgehead atoms. The Hall–Kier alpha value is 0.0700. The Labute approximate surface area is 96.2 Å². The van der Waals surface area contributed by atoms with Crippen LogP contribution in [0.4, 0.5) is 0 Å². The van der Waals surface area contributed by atoms with Gasteiger partial charge in [-0.25, -0.2) is 0 Å². The predicted octanol–water partition coefficient (Wildman–Crippen LogP) is 1.03. The van der Waals surface area contributed by atoms with Gasteiger partial charge in [0.15, 0.2) is 0 Å². The van der Waals surface area contributed by atoms with Gasteiger partial charge in [0.05, 0.1) is 0 Å². The van der Waals surface area contributed by atoms with Gasteiger partial charge in [-0.1, -0.05) is 0 Å². The first-order valence-corrected chi connectivity index (χ1v) is 5.90. The van der Waals surface area contributed by atoms with Gasteiger partial charge in [-0.05, 0) is 25.6 Å². The molecule has 0 aromatic carbocycles. The highest BCUT2D eigenvalue weighted by Crippen LogP contribution is 2.25. The molecule has 1 fully saturated rings. The second-order valence-electron chi connectivity index (χ2n) is 3.29. The number of thioether (sulfide) groups is 1. The van der Waals surface area contributed by atoms with Gasteiger partial charge in [0.1, 0.15) is 0 Å². The summed E-state index contributed by atoms with van der Waals surface area (Å²) >= 11 is 1.98. The molecular formula is C9H19ClN2OS. The van der Waals surface area contributed by atoms with Crippen LogP contribution >= 0.6 is 24.2 Å². The first-order chi connectivity index (χ1) is 6.33. The topological polar surface area (TPSA) is 41.1 Å². The van der Waals surface area contributed by atoms with Crippen molar-refractivity contribution < 1.29 is 4.79 Å². The van der Waals surface area contributed by atoms with E-state index in [4.69, 9.17) is 0 Å². The largest absolute Gasteiger partial charge is 0.355 e. The third kappa shape index (κ3) is 5.73. The van der Waals surface area contributed by atoms with Gasteiger partial charge < -0.3 is 10.6 Å². The summed E-state index contributed by atoms with van der Waals surface area (Å²) in [6, 6.07) is 0. The van der Waals surface area contributed by atoms with E-state index in [1.807, 2.05) is 18.8 Å². The highest BCUT2D eigenvalue weighted by atomic mass is 35.5. The SMILES string of the molecule is CNCCC(=O)NCC1CCCS1.Cl. The van der Waals surface area contributed by atoms with Crippen molar-refractivity contribution in [3.63, 3.8) is 0 Å². The fourth-order valence-electron chi connectivity index (χ4n) is 1.36. The Balaban J connectivity index is 0.00000169. The molecule has 3 nitrogen and oxygen atoms in total. The minimum Gasteiger partial charge on any atom is -0.355 e. The van der Waals surface area contributed by atoms with Crippen LogP contribution in [0.15, 0.2) is 0 Å². The van der Waals surface area contributed by atoms with Crippen LogP contribution in [0.3, 0.4) is 0 Å². The van der Waals surface area contributed by atoms with E-state index in [0.717, 1.165) is 13.1 Å². The van der Waals surface area contributed by atoms with Crippen molar-refractivity contribution in [3.05, 3.63) is 0 Å². The fourth-order valence-corrected chi connectivity index (χ4v) is 2.56. The predicted molar refractivity (Wildman–Crippen MR) is 64.3 cm³/mol. The molecule has 0 radical (unpaired) electrons. The van der Waals surface area contributed by atoms with Crippen LogP contribution in [-0.4, -0.2) is 37.0 Å². The lowest BCUT2D eigenvalue weighted by atomic mass is 10.2. The smallest absolute Gasteiger partial charge is 0.221 e. The number of amides is 1. The van der Waals surface area contributed by atoms with Crippen LogP contribution in [0, 0.1) is 0 Å². The summed E-state index contributed by atoms with van der Waals surface area (Å²) in [6.07, 6.45) is 3.16. The summed E-state index contributed by atoms with van der Waals surface area (Å²) in [5.74, 6) is 1.43. The monoisotopic (exact) mass is 238 g/mol. The van der Waals surface area contributed by atoms with Crippen molar-refractivity contribution in [2.75, 3.05) is 25.9 Å². The zero-order chi connectivity index (χ0) is 9.52. The minimum atomic E-state index is 0. The van der Waals surface area contributed by atoms with Gasteiger partial charge in [-0.15, -0.1) is 12.4 Å². The Morgan fingerprint density at radius 2 is 2.36 bits per heavy atom. The number of halogens is 1. The van der Waals surface area contributed by atoms with Crippen molar-refractivity contribution in [3.8, 4) is 0 Å². The van der Waals surface area contributed by atoms with E-state index < -0.39 is 0 Å². The van der Waals surface area contributed by atoms with Crippen molar-refractivity contribution in [1.29, 1.82) is 0 Å². The van der Waals surface area contributed by atoms with Gasteiger partial charge in [0.2, 0.25) is 5.91 Å². The van der Waals surface area contributed by atoms with E-state index in [-0.39, 0.29) is 18.3 Å². The molecule has 1 saturated heterocycles. The summed E-state index contributed by atoms with van der Waals surface area (Å²) in [4.78, 5) is 11.2. The molecule has 84 valence electrons. The molecule has 0 aromatic rings. The lowest BCUT2D eigenvalue weighted by Crippen LogP contribution is -2.31. The molecule has 1 amide bonds. The average Bonchev–Trinajstić information content (AvgIpc) is 2.64. The average molecular weight is 239 g/mol. The van der Waals surface area contributed by atoms with Crippen LogP contribution in [0.1, 0.15) is 19.3 Å². The van der Waals surface area contributed by atoms with E-state index in [9.17, 15) is 4.79 Å². The van der Waals surface area contributed by atoms with E-state index in [0.29, 0.717) is 11.7 Å². The number of carbonyl (C=O) groups excluding carboxylic acids is 1. The van der Waals surface area contributed by atoms with Crippen LogP contribution in [0.2, 0.25) is 0 Å². The molecular weight excluding hydrogens is 220 g/mol. The number of hydrogen-bond donors (Lipinski definition) is 2. The summed E-state index contributed by atoms with van der Waals surface area (Å²) in [5.41, 5.74) is 0. The molecule has 1 atom stereocenters. The van der Waals surface area contributed by atoms with Crippen molar-refractivity contribution in [2.24, 2.45) is 0 Å². The molecule has 2 N–H and O–H groups in total. The highest BCUT2D eigenvalue weighted by molar-refractivity contribution is 8.00. The molecule has 0 spiro atoms. The lowest BCUT2D eigenvalue weighted by Gasteiger charge is -2.09. The zero-order valence-corrected chi connectivity index (χ0v) is 10.2. The minimum absolute atomic E-state index is 0. The van der Waals surface area contributed by atoms with E-state index >= 15 is 0 Å². The summed E-state index contributed by atoms with van der Waals surface area (Å²) in [7, 11) is 1.86. The second kappa shape index (κ2) is 8.38. The Bertz CT molecular complexity index is 163. The van der Waals surface area contributed by atoms with Crippen LogP contribution in [0.25, 0.3) is 0 Å². The standard InChI is InChI=1S/C9H18N2OS.ClH/c1-10-5-4-9(12)11-7-8-3-2-6-13-8;/h8,10H,2-7H2,1H3,(H,11,12);1H. The number of carbonyl (C=O) groups is 1. The number of rotatable bonds is 5. The van der Waals surface area contributed by atoms with Crippen LogP contribution in [-0.2, 0) is 4.79 Å². The Morgan fingerprint density at radius 3 is 2.93 bits per heavy atom. The molecule has 0 saturated carbocycles. The van der Waals surface area contributed by atoms with Gasteiger partial charge in [-0.2, -0.15) is 11.8 Å². The number of nitrogens with one attached hydrogen (secondary N) is 2. The zero-order valence-electron chi connectivity index (χ0n) is 8.54. The van der Waals surface area contributed by atoms with E-state index in [2.05, 4.69) is 10.6 Å². The maximum Gasteiger partial charge on any atom is 0.221 e. The lowest BCUT2D eigenvalue weighted by molar-refractivity contribution is -0.120. The number of hydrogen-bond acceptors (Lipinski definition) is 3. The molecule has 0 aliphatic carbocycles. The first-order valence-electron chi connectivity index (χ1n) is 4.86. The third-order valence-electron chi connectivity index (χ3n) is 2.15. The van der Waals surface area contributed by atoms with Crippen LogP contribution < -0.4 is 10.6 Å². The van der Waals surface area contributed by atoms with Crippen molar-refractivity contribution >= 4 is 30.1 Å². The molecule has 1 aliphatic heterocycles. The molecule has 1 heterocycles. The summed E-state index contributed by atoms with van der Waals surface area (Å²) < 4.78 is 0. The Morgan fingerprint density at radius 1 is 1.57 bits per heavy atom. The molecule has 1 unspecified atom stereocenters. The summed E-state index contributed by atoms with van der Waals surface area (Å²) in [5, 5.41) is 6.59. The summed E-state index contributed by atoms with van der Waals surface area (Å²) in [6.45, 7) is 1.62. The van der Waals surface area contributed by atoms with Gasteiger partial charge in [0.25, 0.3) is 0 Å². The van der Waals surface area contributed by atoms with Crippen LogP contribution in [0.5, 0.6) is 0 Å². The maximum absolute atomic E-state index is 11.2. The normalized spacial score (nSPS) is 20.2. The van der Waals surface area contributed by atoms with Gasteiger partial charge in [0, 0.05) is 24.8 Å². The fraction of sp³-hybridized carbons (Fsp3) is 0.889. The second-order valence-corrected chi connectivity index (χ2v) is 4.70. The Kier molecular flexibility index (Phi) is 8.43. The van der Waals surface area contributed by atoms with Gasteiger partial charge >= 0.3 is 0 Å². The first kappa shape index (κ1) is 14.1. The van der Waals surface area contributed by atoms with Gasteiger partial charge in [-0.3, -0.25) is 4.79 Å². The molecule has 0 aromatic heterocycles. The quantitative estimate of drug-likeness (QED) is 0.752. The van der Waals surface area contributed by atoms with E-state index in [1.165, 1.54) is 18.6 Å². The molecule has 1 rings (SSSR count).